The molecule has 1 heterocycles. The van der Waals surface area contributed by atoms with Gasteiger partial charge in [-0.1, -0.05) is 58.1 Å². The van der Waals surface area contributed by atoms with Crippen molar-refractivity contribution in [2.45, 2.75) is 90.7 Å². The van der Waals surface area contributed by atoms with Crippen LogP contribution < -0.4 is 21.3 Å². The van der Waals surface area contributed by atoms with Crippen LogP contribution in [0, 0.1) is 0 Å². The molecule has 0 aliphatic rings. The maximum atomic E-state index is 12.8. The Labute approximate surface area is 207 Å². The van der Waals surface area contributed by atoms with Crippen LogP contribution in [0.25, 0.3) is 0 Å². The number of benzene rings is 1. The third kappa shape index (κ3) is 8.26. The number of hydrogen-bond donors (Lipinski definition) is 2. The predicted octanol–water partition coefficient (Wildman–Crippen LogP) is 3.98. The molecule has 1 aromatic heterocycles. The van der Waals surface area contributed by atoms with Crippen molar-refractivity contribution in [1.29, 1.82) is 0 Å². The van der Waals surface area contributed by atoms with Crippen LogP contribution in [-0.2, 0) is 24.8 Å². The lowest BCUT2D eigenvalue weighted by atomic mass is 10.0. The summed E-state index contributed by atoms with van der Waals surface area (Å²) in [6, 6.07) is 7.42. The zero-order chi connectivity index (χ0) is 25.8. The number of rotatable bonds is 16. The fourth-order valence-corrected chi connectivity index (χ4v) is 4.01. The molecule has 1 unspecified atom stereocenters. The molecule has 0 radical (unpaired) electrons. The maximum Gasteiger partial charge on any atom is 0.347 e. The molecule has 0 fully saturated rings. The number of carboxylic acids is 1. The van der Waals surface area contributed by atoms with E-state index in [-0.39, 0.29) is 11.4 Å². The number of unbranched alkanes of at least 4 members (excludes halogenated alkanes) is 4. The first-order chi connectivity index (χ1) is 16.7. The average molecular weight is 489 g/mol. The Bertz CT molecular complexity index is 1080. The van der Waals surface area contributed by atoms with Gasteiger partial charge in [-0.25, -0.2) is 14.3 Å². The third-order valence-corrected chi connectivity index (χ3v) is 6.05. The van der Waals surface area contributed by atoms with Gasteiger partial charge in [-0.15, -0.1) is 5.10 Å². The average Bonchev–Trinajstić information content (AvgIpc) is 2.82. The second-order valence-electron chi connectivity index (χ2n) is 9.19. The molecule has 35 heavy (non-hydrogen) atoms. The van der Waals surface area contributed by atoms with Crippen LogP contribution in [0.5, 0.6) is 5.75 Å². The molecule has 0 bridgehead atoms. The molecule has 1 aromatic carbocycles. The SMILES string of the molecule is CCCCCCCn1c(=O)c(NCCCc2cccc(OC(C)(CCC)C(=O)O)c2)nn(C)c1=O. The van der Waals surface area contributed by atoms with Crippen molar-refractivity contribution in [2.24, 2.45) is 7.05 Å². The first-order valence-corrected chi connectivity index (χ1v) is 12.6. The molecule has 1 atom stereocenters. The van der Waals surface area contributed by atoms with E-state index in [1.54, 1.807) is 20.0 Å². The van der Waals surface area contributed by atoms with Gasteiger partial charge in [0.15, 0.2) is 0 Å². The van der Waals surface area contributed by atoms with Crippen LogP contribution in [0.15, 0.2) is 33.9 Å². The number of carbonyl (C=O) groups is 1. The Hall–Kier alpha value is -3.10. The highest BCUT2D eigenvalue weighted by atomic mass is 16.5. The minimum absolute atomic E-state index is 0.175. The van der Waals surface area contributed by atoms with Gasteiger partial charge in [0.2, 0.25) is 11.4 Å². The summed E-state index contributed by atoms with van der Waals surface area (Å²) in [6.45, 7) is 6.56. The van der Waals surface area contributed by atoms with Gasteiger partial charge in [0.25, 0.3) is 5.56 Å². The van der Waals surface area contributed by atoms with Gasteiger partial charge < -0.3 is 15.2 Å². The van der Waals surface area contributed by atoms with Crippen molar-refractivity contribution in [1.82, 2.24) is 14.3 Å². The number of nitrogens with zero attached hydrogens (tertiary/aromatic N) is 3. The molecule has 0 saturated carbocycles. The molecule has 2 aromatic rings. The lowest BCUT2D eigenvalue weighted by Crippen LogP contribution is -2.41. The quantitative estimate of drug-likeness (QED) is 0.343. The van der Waals surface area contributed by atoms with Crippen LogP contribution in [0.1, 0.15) is 77.7 Å². The topological polar surface area (TPSA) is 115 Å². The van der Waals surface area contributed by atoms with E-state index in [4.69, 9.17) is 4.74 Å². The number of aryl methyl sites for hydroxylation is 2. The van der Waals surface area contributed by atoms with E-state index < -0.39 is 17.3 Å². The highest BCUT2D eigenvalue weighted by Gasteiger charge is 2.34. The zero-order valence-electron chi connectivity index (χ0n) is 21.5. The lowest BCUT2D eigenvalue weighted by molar-refractivity contribution is -0.154. The van der Waals surface area contributed by atoms with Crippen LogP contribution >= 0.6 is 0 Å². The van der Waals surface area contributed by atoms with Gasteiger partial charge in [-0.3, -0.25) is 9.36 Å². The number of aromatic nitrogens is 3. The monoisotopic (exact) mass is 488 g/mol. The van der Waals surface area contributed by atoms with E-state index in [0.717, 1.165) is 44.1 Å². The van der Waals surface area contributed by atoms with Gasteiger partial charge in [0.1, 0.15) is 5.75 Å². The summed E-state index contributed by atoms with van der Waals surface area (Å²) >= 11 is 0. The summed E-state index contributed by atoms with van der Waals surface area (Å²) in [5.41, 5.74) is -1.04. The van der Waals surface area contributed by atoms with Gasteiger partial charge >= 0.3 is 11.7 Å². The maximum absolute atomic E-state index is 12.8. The Morgan fingerprint density at radius 3 is 2.54 bits per heavy atom. The fourth-order valence-electron chi connectivity index (χ4n) is 4.01. The number of hydrogen-bond acceptors (Lipinski definition) is 6. The lowest BCUT2D eigenvalue weighted by Gasteiger charge is -2.26. The van der Waals surface area contributed by atoms with Crippen LogP contribution in [0.4, 0.5) is 5.82 Å². The van der Waals surface area contributed by atoms with Gasteiger partial charge in [0, 0.05) is 20.1 Å². The highest BCUT2D eigenvalue weighted by molar-refractivity contribution is 5.77. The molecule has 194 valence electrons. The molecule has 0 aliphatic carbocycles. The minimum Gasteiger partial charge on any atom is -0.478 e. The Morgan fingerprint density at radius 1 is 1.11 bits per heavy atom. The molecule has 9 heteroatoms. The minimum atomic E-state index is -1.26. The summed E-state index contributed by atoms with van der Waals surface area (Å²) in [4.78, 5) is 36.8. The number of aliphatic carboxylic acids is 1. The van der Waals surface area contributed by atoms with Crippen LogP contribution in [-0.4, -0.2) is 37.6 Å². The highest BCUT2D eigenvalue weighted by Crippen LogP contribution is 2.24. The van der Waals surface area contributed by atoms with Crippen LogP contribution in [0.2, 0.25) is 0 Å². The summed E-state index contributed by atoms with van der Waals surface area (Å²) < 4.78 is 8.29. The Kier molecular flexibility index (Phi) is 11.0. The molecule has 0 aliphatic heterocycles. The Balaban J connectivity index is 1.96. The van der Waals surface area contributed by atoms with Gasteiger partial charge in [-0.2, -0.15) is 0 Å². The molecular formula is C26H40N4O5. The van der Waals surface area contributed by atoms with E-state index in [9.17, 15) is 19.5 Å². The van der Waals surface area contributed by atoms with Crippen LogP contribution in [0.3, 0.4) is 0 Å². The van der Waals surface area contributed by atoms with Crippen molar-refractivity contribution >= 4 is 11.8 Å². The Morgan fingerprint density at radius 2 is 1.86 bits per heavy atom. The number of carboxylic acid groups (broad SMARTS) is 1. The van der Waals surface area contributed by atoms with E-state index in [0.29, 0.717) is 38.1 Å². The van der Waals surface area contributed by atoms with Crippen molar-refractivity contribution in [3.05, 3.63) is 50.7 Å². The second-order valence-corrected chi connectivity index (χ2v) is 9.19. The molecular weight excluding hydrogens is 448 g/mol. The first-order valence-electron chi connectivity index (χ1n) is 12.6. The smallest absolute Gasteiger partial charge is 0.347 e. The van der Waals surface area contributed by atoms with Crippen molar-refractivity contribution in [3.63, 3.8) is 0 Å². The van der Waals surface area contributed by atoms with Crippen molar-refractivity contribution in [3.8, 4) is 5.75 Å². The van der Waals surface area contributed by atoms with E-state index in [1.807, 2.05) is 25.1 Å². The second kappa shape index (κ2) is 13.7. The molecule has 9 nitrogen and oxygen atoms in total. The summed E-state index contributed by atoms with van der Waals surface area (Å²) in [6.07, 6.45) is 7.72. The predicted molar refractivity (Wildman–Crippen MR) is 137 cm³/mol. The van der Waals surface area contributed by atoms with Gasteiger partial charge in [-0.05, 0) is 50.3 Å². The number of ether oxygens (including phenoxy) is 1. The fraction of sp³-hybridized carbons (Fsp3) is 0.615. The van der Waals surface area contributed by atoms with E-state index in [2.05, 4.69) is 17.3 Å². The summed E-state index contributed by atoms with van der Waals surface area (Å²) in [5, 5.41) is 16.7. The molecule has 0 saturated heterocycles. The first kappa shape index (κ1) is 28.1. The standard InChI is InChI=1S/C26H40N4O5/c1-5-7-8-9-10-18-30-23(31)22(28-29(4)25(30)34)27-17-12-14-20-13-11-15-21(19-20)35-26(3,16-6-2)24(32)33/h11,13,15,19H,5-10,12,14,16-18H2,1-4H3,(H,27,28)(H,32,33). The molecule has 2 N–H and O–H groups in total. The third-order valence-electron chi connectivity index (χ3n) is 6.05. The normalized spacial score (nSPS) is 12.8. The van der Waals surface area contributed by atoms with Crippen molar-refractivity contribution < 1.29 is 14.6 Å². The summed E-state index contributed by atoms with van der Waals surface area (Å²) in [5.74, 6) is -0.282. The van der Waals surface area contributed by atoms with E-state index >= 15 is 0 Å². The van der Waals surface area contributed by atoms with Crippen molar-refractivity contribution in [2.75, 3.05) is 11.9 Å². The zero-order valence-corrected chi connectivity index (χ0v) is 21.5. The molecule has 0 spiro atoms. The number of nitrogens with one attached hydrogen (secondary N) is 1. The molecule has 0 amide bonds. The van der Waals surface area contributed by atoms with E-state index in [1.165, 1.54) is 9.25 Å². The largest absolute Gasteiger partial charge is 0.478 e. The summed E-state index contributed by atoms with van der Waals surface area (Å²) in [7, 11) is 1.55. The van der Waals surface area contributed by atoms with Gasteiger partial charge in [0.05, 0.1) is 0 Å². The number of anilines is 1. The molecule has 2 rings (SSSR count).